The Morgan fingerprint density at radius 2 is 2.03 bits per heavy atom. The maximum atomic E-state index is 13.8. The maximum absolute atomic E-state index is 13.8. The van der Waals surface area contributed by atoms with Crippen LogP contribution in [0.15, 0.2) is 60.8 Å². The number of anilines is 2. The van der Waals surface area contributed by atoms with Crippen molar-refractivity contribution in [2.75, 3.05) is 43.2 Å². The fourth-order valence-electron chi connectivity index (χ4n) is 4.05. The van der Waals surface area contributed by atoms with E-state index in [1.165, 1.54) is 22.3 Å². The quantitative estimate of drug-likeness (QED) is 0.270. The smallest absolute Gasteiger partial charge is 0.293 e. The lowest BCUT2D eigenvalue weighted by molar-refractivity contribution is -0.384. The van der Waals surface area contributed by atoms with Gasteiger partial charge in [-0.3, -0.25) is 24.8 Å². The first kappa shape index (κ1) is 23.6. The first-order chi connectivity index (χ1) is 17.5. The number of nitro groups is 1. The fourth-order valence-corrected chi connectivity index (χ4v) is 5.04. The highest BCUT2D eigenvalue weighted by atomic mass is 32.1. The molecule has 1 saturated heterocycles. The Labute approximate surface area is 210 Å². The van der Waals surface area contributed by atoms with E-state index in [1.54, 1.807) is 31.5 Å². The molecule has 1 aliphatic rings. The van der Waals surface area contributed by atoms with Crippen LogP contribution >= 0.6 is 11.3 Å². The van der Waals surface area contributed by atoms with E-state index in [0.717, 1.165) is 10.2 Å². The Bertz CT molecular complexity index is 1400. The van der Waals surface area contributed by atoms with Crippen molar-refractivity contribution >= 4 is 44.0 Å². The molecule has 11 heteroatoms. The number of methoxy groups -OCH3 is 1. The molecule has 0 spiro atoms. The number of fused-ring (bicyclic) bond motifs is 1. The summed E-state index contributed by atoms with van der Waals surface area (Å²) in [6.07, 6.45) is 1.66. The van der Waals surface area contributed by atoms with Crippen LogP contribution in [0, 0.1) is 10.1 Å². The van der Waals surface area contributed by atoms with Crippen molar-refractivity contribution in [2.24, 2.45) is 0 Å². The number of carbonyl (C=O) groups excluding carboxylic acids is 1. The number of hydrogen-bond acceptors (Lipinski definition) is 9. The van der Waals surface area contributed by atoms with E-state index in [-0.39, 0.29) is 17.8 Å². The predicted molar refractivity (Wildman–Crippen MR) is 137 cm³/mol. The summed E-state index contributed by atoms with van der Waals surface area (Å²) in [6.45, 7) is 2.26. The molecule has 1 fully saturated rings. The van der Waals surface area contributed by atoms with Gasteiger partial charge in [0.2, 0.25) is 0 Å². The number of ether oxygens (including phenoxy) is 2. The SMILES string of the molecule is COc1ccc2nc(N(Cc3ccccn3)C(=O)c3ccc(N4CCOCC4)c([N+](=O)[O-])c3)sc2c1. The summed E-state index contributed by atoms with van der Waals surface area (Å²) in [5, 5.41) is 12.4. The zero-order valence-electron chi connectivity index (χ0n) is 19.5. The van der Waals surface area contributed by atoms with E-state index in [1.807, 2.05) is 35.2 Å². The van der Waals surface area contributed by atoms with Crippen molar-refractivity contribution in [3.63, 3.8) is 0 Å². The molecule has 1 aliphatic heterocycles. The lowest BCUT2D eigenvalue weighted by Gasteiger charge is -2.28. The molecule has 184 valence electrons. The summed E-state index contributed by atoms with van der Waals surface area (Å²) in [5.41, 5.74) is 1.95. The molecule has 0 aliphatic carbocycles. The minimum atomic E-state index is -0.450. The Morgan fingerprint density at radius 1 is 1.19 bits per heavy atom. The first-order valence-corrected chi connectivity index (χ1v) is 12.1. The molecule has 10 nitrogen and oxygen atoms in total. The minimum absolute atomic E-state index is 0.116. The van der Waals surface area contributed by atoms with Crippen LogP contribution in [0.5, 0.6) is 5.75 Å². The number of pyridine rings is 1. The molecule has 2 aromatic heterocycles. The number of rotatable bonds is 7. The van der Waals surface area contributed by atoms with Gasteiger partial charge in [-0.25, -0.2) is 4.98 Å². The highest BCUT2D eigenvalue weighted by Crippen LogP contribution is 2.35. The van der Waals surface area contributed by atoms with E-state index in [2.05, 4.69) is 9.97 Å². The van der Waals surface area contributed by atoms with Crippen molar-refractivity contribution in [3.8, 4) is 5.75 Å². The number of hydrogen-bond donors (Lipinski definition) is 0. The molecule has 0 radical (unpaired) electrons. The molecule has 4 aromatic rings. The topological polar surface area (TPSA) is 111 Å². The number of morpholine rings is 1. The van der Waals surface area contributed by atoms with Gasteiger partial charge in [-0.1, -0.05) is 17.4 Å². The molecule has 0 bridgehead atoms. The van der Waals surface area contributed by atoms with Crippen LogP contribution in [0.2, 0.25) is 0 Å². The Balaban J connectivity index is 1.54. The maximum Gasteiger partial charge on any atom is 0.293 e. The summed E-state index contributed by atoms with van der Waals surface area (Å²) in [4.78, 5) is 37.7. The van der Waals surface area contributed by atoms with Crippen LogP contribution in [0.3, 0.4) is 0 Å². The normalized spacial score (nSPS) is 13.5. The predicted octanol–water partition coefficient (Wildman–Crippen LogP) is 4.29. The van der Waals surface area contributed by atoms with Gasteiger partial charge in [0, 0.05) is 30.9 Å². The van der Waals surface area contributed by atoms with Crippen LogP contribution < -0.4 is 14.5 Å². The number of nitrogens with zero attached hydrogens (tertiary/aromatic N) is 5. The third-order valence-electron chi connectivity index (χ3n) is 5.88. The molecule has 0 atom stereocenters. The van der Waals surface area contributed by atoms with Crippen LogP contribution in [-0.4, -0.2) is 54.2 Å². The van der Waals surface area contributed by atoms with Crippen LogP contribution in [0.25, 0.3) is 10.2 Å². The second-order valence-electron chi connectivity index (χ2n) is 8.10. The lowest BCUT2D eigenvalue weighted by Crippen LogP contribution is -2.36. The van der Waals surface area contributed by atoms with Gasteiger partial charge in [0.25, 0.3) is 11.6 Å². The van der Waals surface area contributed by atoms with E-state index in [9.17, 15) is 14.9 Å². The van der Waals surface area contributed by atoms with Gasteiger partial charge in [-0.2, -0.15) is 0 Å². The average Bonchev–Trinajstić information content (AvgIpc) is 3.35. The van der Waals surface area contributed by atoms with Gasteiger partial charge < -0.3 is 14.4 Å². The zero-order valence-corrected chi connectivity index (χ0v) is 20.3. The molecule has 0 unspecified atom stereocenters. The molecule has 5 rings (SSSR count). The molecule has 2 aromatic carbocycles. The van der Waals surface area contributed by atoms with Crippen LogP contribution in [-0.2, 0) is 11.3 Å². The minimum Gasteiger partial charge on any atom is -0.497 e. The molecule has 36 heavy (non-hydrogen) atoms. The van der Waals surface area contributed by atoms with Crippen molar-refractivity contribution in [3.05, 3.63) is 82.2 Å². The molecular formula is C25H23N5O5S. The Morgan fingerprint density at radius 3 is 2.75 bits per heavy atom. The monoisotopic (exact) mass is 505 g/mol. The average molecular weight is 506 g/mol. The number of carbonyl (C=O) groups is 1. The largest absolute Gasteiger partial charge is 0.497 e. The molecule has 3 heterocycles. The Kier molecular flexibility index (Phi) is 6.74. The summed E-state index contributed by atoms with van der Waals surface area (Å²) in [5.74, 6) is 0.290. The molecule has 0 saturated carbocycles. The molecular weight excluding hydrogens is 482 g/mol. The van der Waals surface area contributed by atoms with E-state index in [4.69, 9.17) is 9.47 Å². The number of aromatic nitrogens is 2. The molecule has 1 amide bonds. The number of nitro benzene ring substituents is 1. The second kappa shape index (κ2) is 10.3. The summed E-state index contributed by atoms with van der Waals surface area (Å²) in [7, 11) is 1.59. The van der Waals surface area contributed by atoms with Gasteiger partial charge in [0.15, 0.2) is 5.13 Å². The number of amides is 1. The van der Waals surface area contributed by atoms with Crippen molar-refractivity contribution < 1.29 is 19.2 Å². The van der Waals surface area contributed by atoms with Gasteiger partial charge in [0.05, 0.1) is 47.7 Å². The van der Waals surface area contributed by atoms with Gasteiger partial charge in [-0.05, 0) is 42.5 Å². The highest BCUT2D eigenvalue weighted by molar-refractivity contribution is 7.22. The number of thiazole rings is 1. The van der Waals surface area contributed by atoms with Gasteiger partial charge in [-0.15, -0.1) is 0 Å². The van der Waals surface area contributed by atoms with Gasteiger partial charge >= 0.3 is 0 Å². The number of benzene rings is 2. The van der Waals surface area contributed by atoms with Crippen LogP contribution in [0.4, 0.5) is 16.5 Å². The lowest BCUT2D eigenvalue weighted by atomic mass is 10.1. The second-order valence-corrected chi connectivity index (χ2v) is 9.11. The molecule has 0 N–H and O–H groups in total. The van der Waals surface area contributed by atoms with Crippen molar-refractivity contribution in [1.29, 1.82) is 0 Å². The third kappa shape index (κ3) is 4.83. The summed E-state index contributed by atoms with van der Waals surface area (Å²) >= 11 is 1.34. The van der Waals surface area contributed by atoms with E-state index >= 15 is 0 Å². The summed E-state index contributed by atoms with van der Waals surface area (Å²) < 4.78 is 11.5. The standard InChI is InChI=1S/C25H23N5O5S/c1-34-19-6-7-20-23(15-19)36-25(27-20)29(16-18-4-2-3-9-26-18)24(31)17-5-8-21(22(14-17)30(32)33)28-10-12-35-13-11-28/h2-9,14-15H,10-13,16H2,1H3. The van der Waals surface area contributed by atoms with Gasteiger partial charge in [0.1, 0.15) is 11.4 Å². The van der Waals surface area contributed by atoms with E-state index < -0.39 is 10.8 Å². The Hall–Kier alpha value is -4.09. The van der Waals surface area contributed by atoms with Crippen LogP contribution in [0.1, 0.15) is 16.1 Å². The third-order valence-corrected chi connectivity index (χ3v) is 6.92. The summed E-state index contributed by atoms with van der Waals surface area (Å²) in [6, 6.07) is 15.6. The first-order valence-electron chi connectivity index (χ1n) is 11.3. The van der Waals surface area contributed by atoms with Crippen molar-refractivity contribution in [2.45, 2.75) is 6.54 Å². The highest BCUT2D eigenvalue weighted by Gasteiger charge is 2.27. The fraction of sp³-hybridized carbons (Fsp3) is 0.240. The van der Waals surface area contributed by atoms with E-state index in [0.29, 0.717) is 48.6 Å². The zero-order chi connectivity index (χ0) is 25.1. The van der Waals surface area contributed by atoms with Crippen molar-refractivity contribution in [1.82, 2.24) is 9.97 Å².